The number of rotatable bonds is 5. The van der Waals surface area contributed by atoms with Crippen molar-refractivity contribution in [1.29, 1.82) is 0 Å². The van der Waals surface area contributed by atoms with Crippen LogP contribution in [0.2, 0.25) is 0 Å². The summed E-state index contributed by atoms with van der Waals surface area (Å²) in [6.07, 6.45) is 1.25. The molecule has 1 amide bonds. The minimum absolute atomic E-state index is 0.0793. The van der Waals surface area contributed by atoms with Crippen LogP contribution in [-0.4, -0.2) is 18.5 Å². The van der Waals surface area contributed by atoms with Crippen LogP contribution in [0.3, 0.4) is 0 Å². The van der Waals surface area contributed by atoms with Gasteiger partial charge in [0.25, 0.3) is 0 Å². The maximum absolute atomic E-state index is 12.0. The zero-order valence-electron chi connectivity index (χ0n) is 10.9. The van der Waals surface area contributed by atoms with E-state index in [0.717, 1.165) is 12.1 Å². The first-order chi connectivity index (χ1) is 8.04. The highest BCUT2D eigenvalue weighted by Crippen LogP contribution is 2.16. The van der Waals surface area contributed by atoms with Gasteiger partial charge in [-0.2, -0.15) is 0 Å². The summed E-state index contributed by atoms with van der Waals surface area (Å²) in [5.41, 5.74) is 7.84. The SMILES string of the molecule is CCN(C(=O)CCC(C)N)c1ccc(C)cc1. The van der Waals surface area contributed by atoms with E-state index in [2.05, 4.69) is 0 Å². The van der Waals surface area contributed by atoms with Crippen molar-refractivity contribution in [1.82, 2.24) is 0 Å². The monoisotopic (exact) mass is 234 g/mol. The van der Waals surface area contributed by atoms with Gasteiger partial charge in [0, 0.05) is 24.7 Å². The van der Waals surface area contributed by atoms with E-state index < -0.39 is 0 Å². The molecule has 1 aromatic rings. The molecule has 0 radical (unpaired) electrons. The fraction of sp³-hybridized carbons (Fsp3) is 0.500. The Balaban J connectivity index is 2.70. The summed E-state index contributed by atoms with van der Waals surface area (Å²) in [7, 11) is 0. The fourth-order valence-electron chi connectivity index (χ4n) is 1.71. The minimum Gasteiger partial charge on any atom is -0.328 e. The van der Waals surface area contributed by atoms with E-state index in [-0.39, 0.29) is 11.9 Å². The Kier molecular flexibility index (Phi) is 5.16. The molecule has 0 aliphatic carbocycles. The van der Waals surface area contributed by atoms with Gasteiger partial charge in [-0.3, -0.25) is 4.79 Å². The van der Waals surface area contributed by atoms with Crippen molar-refractivity contribution >= 4 is 11.6 Å². The molecular formula is C14H22N2O. The normalized spacial score (nSPS) is 12.2. The number of hydrogen-bond acceptors (Lipinski definition) is 2. The van der Waals surface area contributed by atoms with Gasteiger partial charge >= 0.3 is 0 Å². The van der Waals surface area contributed by atoms with Gasteiger partial charge < -0.3 is 10.6 Å². The summed E-state index contributed by atoms with van der Waals surface area (Å²) < 4.78 is 0. The molecule has 3 heteroatoms. The smallest absolute Gasteiger partial charge is 0.227 e. The molecule has 17 heavy (non-hydrogen) atoms. The summed E-state index contributed by atoms with van der Waals surface area (Å²) in [6, 6.07) is 8.11. The maximum atomic E-state index is 12.0. The molecule has 0 fully saturated rings. The average molecular weight is 234 g/mol. The van der Waals surface area contributed by atoms with E-state index in [1.165, 1.54) is 5.56 Å². The van der Waals surface area contributed by atoms with Crippen LogP contribution in [0.25, 0.3) is 0 Å². The average Bonchev–Trinajstić information content (AvgIpc) is 2.30. The second kappa shape index (κ2) is 6.40. The topological polar surface area (TPSA) is 46.3 Å². The number of nitrogens with zero attached hydrogens (tertiary/aromatic N) is 1. The third-order valence-corrected chi connectivity index (χ3v) is 2.78. The Morgan fingerprint density at radius 2 is 1.94 bits per heavy atom. The van der Waals surface area contributed by atoms with Crippen LogP contribution in [0, 0.1) is 6.92 Å². The highest BCUT2D eigenvalue weighted by atomic mass is 16.2. The van der Waals surface area contributed by atoms with Crippen molar-refractivity contribution in [2.24, 2.45) is 5.73 Å². The molecule has 1 unspecified atom stereocenters. The van der Waals surface area contributed by atoms with Crippen LogP contribution in [0.15, 0.2) is 24.3 Å². The van der Waals surface area contributed by atoms with E-state index in [9.17, 15) is 4.79 Å². The van der Waals surface area contributed by atoms with Gasteiger partial charge in [-0.15, -0.1) is 0 Å². The molecule has 94 valence electrons. The molecule has 0 aromatic heterocycles. The van der Waals surface area contributed by atoms with Gasteiger partial charge in [0.15, 0.2) is 0 Å². The van der Waals surface area contributed by atoms with Crippen LogP contribution in [-0.2, 0) is 4.79 Å². The molecule has 0 saturated heterocycles. The number of carbonyl (C=O) groups excluding carboxylic acids is 1. The quantitative estimate of drug-likeness (QED) is 0.850. The van der Waals surface area contributed by atoms with Gasteiger partial charge in [-0.05, 0) is 39.3 Å². The summed E-state index contributed by atoms with van der Waals surface area (Å²) in [5, 5.41) is 0. The second-order valence-corrected chi connectivity index (χ2v) is 4.49. The minimum atomic E-state index is 0.0793. The van der Waals surface area contributed by atoms with Crippen molar-refractivity contribution in [2.45, 2.75) is 39.7 Å². The van der Waals surface area contributed by atoms with E-state index in [1.807, 2.05) is 49.9 Å². The molecular weight excluding hydrogens is 212 g/mol. The van der Waals surface area contributed by atoms with Gasteiger partial charge in [-0.25, -0.2) is 0 Å². The van der Waals surface area contributed by atoms with Crippen molar-refractivity contribution < 1.29 is 4.79 Å². The lowest BCUT2D eigenvalue weighted by Crippen LogP contribution is -2.31. The third-order valence-electron chi connectivity index (χ3n) is 2.78. The first-order valence-electron chi connectivity index (χ1n) is 6.17. The van der Waals surface area contributed by atoms with E-state index in [1.54, 1.807) is 0 Å². The van der Waals surface area contributed by atoms with Gasteiger partial charge in [0.1, 0.15) is 0 Å². The molecule has 1 atom stereocenters. The van der Waals surface area contributed by atoms with Crippen LogP contribution in [0.5, 0.6) is 0 Å². The Morgan fingerprint density at radius 3 is 2.41 bits per heavy atom. The predicted octanol–water partition coefficient (Wildman–Crippen LogP) is 2.48. The maximum Gasteiger partial charge on any atom is 0.227 e. The molecule has 0 aliphatic heterocycles. The van der Waals surface area contributed by atoms with Gasteiger partial charge in [0.2, 0.25) is 5.91 Å². The summed E-state index contributed by atoms with van der Waals surface area (Å²) in [4.78, 5) is 13.8. The molecule has 0 spiro atoms. The van der Waals surface area contributed by atoms with Crippen LogP contribution in [0.1, 0.15) is 32.3 Å². The number of hydrogen-bond donors (Lipinski definition) is 1. The number of carbonyl (C=O) groups is 1. The summed E-state index contributed by atoms with van der Waals surface area (Å²) in [6.45, 7) is 6.65. The van der Waals surface area contributed by atoms with Crippen LogP contribution in [0.4, 0.5) is 5.69 Å². The molecule has 2 N–H and O–H groups in total. The number of benzene rings is 1. The first-order valence-corrected chi connectivity index (χ1v) is 6.17. The molecule has 0 bridgehead atoms. The molecule has 0 aliphatic rings. The Labute approximate surface area is 104 Å². The predicted molar refractivity (Wildman–Crippen MR) is 72.1 cm³/mol. The van der Waals surface area contributed by atoms with E-state index in [4.69, 9.17) is 5.73 Å². The molecule has 0 saturated carbocycles. The largest absolute Gasteiger partial charge is 0.328 e. The first kappa shape index (κ1) is 13.7. The fourth-order valence-corrected chi connectivity index (χ4v) is 1.71. The zero-order chi connectivity index (χ0) is 12.8. The van der Waals surface area contributed by atoms with Gasteiger partial charge in [-0.1, -0.05) is 17.7 Å². The van der Waals surface area contributed by atoms with Crippen LogP contribution < -0.4 is 10.6 Å². The highest BCUT2D eigenvalue weighted by molar-refractivity contribution is 5.93. The molecule has 0 heterocycles. The lowest BCUT2D eigenvalue weighted by Gasteiger charge is -2.21. The molecule has 1 aromatic carbocycles. The van der Waals surface area contributed by atoms with Gasteiger partial charge in [0.05, 0.1) is 0 Å². The second-order valence-electron chi connectivity index (χ2n) is 4.49. The van der Waals surface area contributed by atoms with Crippen molar-refractivity contribution in [3.05, 3.63) is 29.8 Å². The number of aryl methyl sites for hydroxylation is 1. The van der Waals surface area contributed by atoms with E-state index >= 15 is 0 Å². The summed E-state index contributed by atoms with van der Waals surface area (Å²) >= 11 is 0. The lowest BCUT2D eigenvalue weighted by atomic mass is 10.1. The van der Waals surface area contributed by atoms with Crippen molar-refractivity contribution in [3.8, 4) is 0 Å². The summed E-state index contributed by atoms with van der Waals surface area (Å²) in [5.74, 6) is 0.147. The zero-order valence-corrected chi connectivity index (χ0v) is 10.9. The number of amides is 1. The molecule has 3 nitrogen and oxygen atoms in total. The highest BCUT2D eigenvalue weighted by Gasteiger charge is 2.13. The molecule has 1 rings (SSSR count). The Bertz CT molecular complexity index is 357. The Hall–Kier alpha value is -1.35. The van der Waals surface area contributed by atoms with Crippen molar-refractivity contribution in [3.63, 3.8) is 0 Å². The lowest BCUT2D eigenvalue weighted by molar-refractivity contribution is -0.118. The number of nitrogens with two attached hydrogens (primary N) is 1. The third kappa shape index (κ3) is 4.19. The van der Waals surface area contributed by atoms with E-state index in [0.29, 0.717) is 13.0 Å². The van der Waals surface area contributed by atoms with Crippen LogP contribution >= 0.6 is 0 Å². The Morgan fingerprint density at radius 1 is 1.35 bits per heavy atom. The number of anilines is 1. The van der Waals surface area contributed by atoms with Crippen molar-refractivity contribution in [2.75, 3.05) is 11.4 Å². The standard InChI is InChI=1S/C14H22N2O/c1-4-16(14(17)10-7-12(3)15)13-8-5-11(2)6-9-13/h5-6,8-9,12H,4,7,10,15H2,1-3H3.